The molecule has 1 heterocycles. The molecule has 102 valence electrons. The maximum Gasteiger partial charge on any atom is 0.0991 e. The molecule has 4 rings (SSSR count). The van der Waals surface area contributed by atoms with Crippen LogP contribution in [0, 0.1) is 5.92 Å². The van der Waals surface area contributed by atoms with Gasteiger partial charge in [0.25, 0.3) is 0 Å². The molecule has 18 heavy (non-hydrogen) atoms. The van der Waals surface area contributed by atoms with Crippen molar-refractivity contribution < 1.29 is 9.47 Å². The lowest BCUT2D eigenvalue weighted by atomic mass is 9.90. The summed E-state index contributed by atoms with van der Waals surface area (Å²) < 4.78 is 12.3. The Morgan fingerprint density at radius 2 is 1.94 bits per heavy atom. The molecule has 0 amide bonds. The lowest BCUT2D eigenvalue weighted by Crippen LogP contribution is -2.51. The summed E-state index contributed by atoms with van der Waals surface area (Å²) in [5, 5.41) is 0. The molecule has 3 unspecified atom stereocenters. The summed E-state index contributed by atoms with van der Waals surface area (Å²) >= 11 is 0. The molecule has 0 radical (unpaired) electrons. The molecule has 3 aliphatic carbocycles. The Kier molecular flexibility index (Phi) is 3.10. The van der Waals surface area contributed by atoms with Crippen molar-refractivity contribution in [3.63, 3.8) is 0 Å². The Morgan fingerprint density at radius 3 is 2.67 bits per heavy atom. The van der Waals surface area contributed by atoms with E-state index in [4.69, 9.17) is 9.47 Å². The lowest BCUT2D eigenvalue weighted by molar-refractivity contribution is -0.0609. The molecule has 0 aromatic heterocycles. The summed E-state index contributed by atoms with van der Waals surface area (Å²) in [4.78, 5) is 2.73. The fraction of sp³-hybridized carbons (Fsp3) is 1.00. The summed E-state index contributed by atoms with van der Waals surface area (Å²) in [6.07, 6.45) is 10.2. The van der Waals surface area contributed by atoms with E-state index >= 15 is 0 Å². The van der Waals surface area contributed by atoms with Gasteiger partial charge < -0.3 is 9.47 Å². The van der Waals surface area contributed by atoms with Gasteiger partial charge in [0.1, 0.15) is 0 Å². The smallest absolute Gasteiger partial charge is 0.0991 e. The minimum Gasteiger partial charge on any atom is -0.374 e. The van der Waals surface area contributed by atoms with Crippen molar-refractivity contribution in [1.82, 2.24) is 4.90 Å². The van der Waals surface area contributed by atoms with Gasteiger partial charge in [0.2, 0.25) is 0 Å². The van der Waals surface area contributed by atoms with Crippen molar-refractivity contribution >= 4 is 0 Å². The molecule has 4 fully saturated rings. The van der Waals surface area contributed by atoms with Gasteiger partial charge in [0.05, 0.1) is 18.8 Å². The number of rotatable bonds is 4. The standard InChI is InChI=1S/C15H25NO2/c1-2-12(3-1)16-8-9-17-14-7-6-13(16)15(14)18-10-11-4-5-11/h11-15H,1-10H2. The summed E-state index contributed by atoms with van der Waals surface area (Å²) in [5.74, 6) is 0.866. The molecule has 3 nitrogen and oxygen atoms in total. The van der Waals surface area contributed by atoms with Crippen LogP contribution in [0.15, 0.2) is 0 Å². The van der Waals surface area contributed by atoms with Crippen LogP contribution in [0.25, 0.3) is 0 Å². The van der Waals surface area contributed by atoms with Crippen molar-refractivity contribution in [3.05, 3.63) is 0 Å². The summed E-state index contributed by atoms with van der Waals surface area (Å²) in [6, 6.07) is 1.49. The Morgan fingerprint density at radius 1 is 1.06 bits per heavy atom. The summed E-state index contributed by atoms with van der Waals surface area (Å²) in [5.41, 5.74) is 0. The highest BCUT2D eigenvalue weighted by molar-refractivity contribution is 4.99. The first-order valence-corrected chi connectivity index (χ1v) is 7.91. The second kappa shape index (κ2) is 4.77. The molecule has 0 aromatic rings. The van der Waals surface area contributed by atoms with Crippen molar-refractivity contribution in [2.45, 2.75) is 69.2 Å². The third-order valence-electron chi connectivity index (χ3n) is 5.37. The van der Waals surface area contributed by atoms with Crippen molar-refractivity contribution in [2.24, 2.45) is 5.92 Å². The quantitative estimate of drug-likeness (QED) is 0.764. The van der Waals surface area contributed by atoms with Crippen LogP contribution in [0.5, 0.6) is 0 Å². The van der Waals surface area contributed by atoms with E-state index in [1.165, 1.54) is 44.9 Å². The van der Waals surface area contributed by atoms with Gasteiger partial charge in [-0.2, -0.15) is 0 Å². The van der Waals surface area contributed by atoms with Crippen LogP contribution < -0.4 is 0 Å². The average molecular weight is 251 g/mol. The van der Waals surface area contributed by atoms with E-state index in [1.54, 1.807) is 0 Å². The third-order valence-corrected chi connectivity index (χ3v) is 5.37. The highest BCUT2D eigenvalue weighted by Crippen LogP contribution is 2.38. The fourth-order valence-corrected chi connectivity index (χ4v) is 3.84. The summed E-state index contributed by atoms with van der Waals surface area (Å²) in [6.45, 7) is 3.04. The molecule has 4 aliphatic rings. The minimum atomic E-state index is 0.369. The second-order valence-corrected chi connectivity index (χ2v) is 6.62. The van der Waals surface area contributed by atoms with Gasteiger partial charge >= 0.3 is 0 Å². The largest absolute Gasteiger partial charge is 0.374 e. The third kappa shape index (κ3) is 2.10. The Bertz CT molecular complexity index is 301. The van der Waals surface area contributed by atoms with Crippen molar-refractivity contribution in [1.29, 1.82) is 0 Å². The molecular formula is C15H25NO2. The zero-order valence-corrected chi connectivity index (χ0v) is 11.2. The van der Waals surface area contributed by atoms with Crippen molar-refractivity contribution in [2.75, 3.05) is 19.8 Å². The highest BCUT2D eigenvalue weighted by Gasteiger charge is 2.46. The fourth-order valence-electron chi connectivity index (χ4n) is 3.84. The first-order valence-electron chi connectivity index (χ1n) is 7.91. The second-order valence-electron chi connectivity index (χ2n) is 6.62. The first-order chi connectivity index (χ1) is 8.92. The van der Waals surface area contributed by atoms with E-state index in [-0.39, 0.29) is 0 Å². The predicted molar refractivity (Wildman–Crippen MR) is 69.6 cm³/mol. The normalized spacial score (nSPS) is 41.7. The molecule has 3 atom stereocenters. The minimum absolute atomic E-state index is 0.369. The van der Waals surface area contributed by atoms with Crippen LogP contribution in [-0.2, 0) is 9.47 Å². The number of hydrogen-bond donors (Lipinski definition) is 0. The first kappa shape index (κ1) is 11.7. The topological polar surface area (TPSA) is 21.7 Å². The van der Waals surface area contributed by atoms with E-state index in [1.807, 2.05) is 0 Å². The lowest BCUT2D eigenvalue weighted by Gasteiger charge is -2.42. The van der Waals surface area contributed by atoms with E-state index in [9.17, 15) is 0 Å². The van der Waals surface area contributed by atoms with Gasteiger partial charge in [-0.1, -0.05) is 6.42 Å². The Hall–Kier alpha value is -0.120. The van der Waals surface area contributed by atoms with Crippen LogP contribution >= 0.6 is 0 Å². The maximum absolute atomic E-state index is 6.26. The Balaban J connectivity index is 1.45. The van der Waals surface area contributed by atoms with E-state index in [0.29, 0.717) is 18.2 Å². The number of ether oxygens (including phenoxy) is 2. The van der Waals surface area contributed by atoms with Gasteiger partial charge in [-0.25, -0.2) is 0 Å². The zero-order chi connectivity index (χ0) is 11.9. The van der Waals surface area contributed by atoms with E-state index in [0.717, 1.165) is 31.7 Å². The molecule has 1 saturated heterocycles. The van der Waals surface area contributed by atoms with Gasteiger partial charge in [0.15, 0.2) is 0 Å². The van der Waals surface area contributed by atoms with Crippen LogP contribution in [0.1, 0.15) is 44.9 Å². The van der Waals surface area contributed by atoms with Crippen LogP contribution in [0.3, 0.4) is 0 Å². The van der Waals surface area contributed by atoms with Crippen LogP contribution in [0.4, 0.5) is 0 Å². The molecular weight excluding hydrogens is 226 g/mol. The zero-order valence-electron chi connectivity index (χ0n) is 11.2. The SMILES string of the molecule is C1CC(N2CCOC3CCC2C3OCC2CC2)C1. The summed E-state index contributed by atoms with van der Waals surface area (Å²) in [7, 11) is 0. The van der Waals surface area contributed by atoms with Crippen LogP contribution in [-0.4, -0.2) is 49.0 Å². The molecule has 3 saturated carbocycles. The highest BCUT2D eigenvalue weighted by atomic mass is 16.5. The van der Waals surface area contributed by atoms with Gasteiger partial charge in [-0.05, 0) is 44.4 Å². The molecule has 2 bridgehead atoms. The van der Waals surface area contributed by atoms with Crippen LogP contribution in [0.2, 0.25) is 0 Å². The molecule has 0 aromatic carbocycles. The average Bonchev–Trinajstić information content (AvgIpc) is 3.03. The molecule has 1 aliphatic heterocycles. The molecule has 3 heteroatoms. The number of hydrogen-bond acceptors (Lipinski definition) is 3. The van der Waals surface area contributed by atoms with Crippen molar-refractivity contribution in [3.8, 4) is 0 Å². The Labute approximate surface area is 110 Å². The van der Waals surface area contributed by atoms with Gasteiger partial charge in [-0.3, -0.25) is 4.90 Å². The number of fused-ring (bicyclic) bond motifs is 2. The monoisotopic (exact) mass is 251 g/mol. The molecule has 0 spiro atoms. The molecule has 0 N–H and O–H groups in total. The maximum atomic E-state index is 6.26. The van der Waals surface area contributed by atoms with Gasteiger partial charge in [0, 0.05) is 25.2 Å². The van der Waals surface area contributed by atoms with E-state index in [2.05, 4.69) is 4.90 Å². The number of nitrogens with zero attached hydrogens (tertiary/aromatic N) is 1. The van der Waals surface area contributed by atoms with Gasteiger partial charge in [-0.15, -0.1) is 0 Å². The van der Waals surface area contributed by atoms with E-state index < -0.39 is 0 Å². The predicted octanol–water partition coefficient (Wildman–Crippen LogP) is 2.20.